The minimum atomic E-state index is 0.334. The summed E-state index contributed by atoms with van der Waals surface area (Å²) in [5.74, 6) is 3.37. The Morgan fingerprint density at radius 3 is 3.04 bits per heavy atom. The maximum atomic E-state index is 6.15. The normalized spacial score (nSPS) is 26.8. The molecule has 0 aromatic carbocycles. The summed E-state index contributed by atoms with van der Waals surface area (Å²) in [6.07, 6.45) is 5.12. The molecule has 0 unspecified atom stereocenters. The number of anilines is 1. The maximum Gasteiger partial charge on any atom is 0.128 e. The SMILES string of the molecule is CN(Cc1ccco1)C[C@@H]1OC[C@H]2CN(c3ccccn3)CC[C@H]21. The van der Waals surface area contributed by atoms with Crippen molar-refractivity contribution in [1.29, 1.82) is 0 Å². The van der Waals surface area contributed by atoms with Crippen LogP contribution in [0.3, 0.4) is 0 Å². The summed E-state index contributed by atoms with van der Waals surface area (Å²) >= 11 is 0. The molecule has 5 heteroatoms. The second-order valence-corrected chi connectivity index (χ2v) is 6.99. The minimum Gasteiger partial charge on any atom is -0.468 e. The first kappa shape index (κ1) is 15.7. The highest BCUT2D eigenvalue weighted by Crippen LogP contribution is 2.36. The molecule has 0 saturated carbocycles. The van der Waals surface area contributed by atoms with Gasteiger partial charge in [0.1, 0.15) is 11.6 Å². The summed E-state index contributed by atoms with van der Waals surface area (Å²) in [4.78, 5) is 9.20. The molecule has 0 bridgehead atoms. The van der Waals surface area contributed by atoms with E-state index in [1.54, 1.807) is 6.26 Å². The van der Waals surface area contributed by atoms with Crippen molar-refractivity contribution in [2.45, 2.75) is 19.1 Å². The van der Waals surface area contributed by atoms with E-state index in [4.69, 9.17) is 9.15 Å². The van der Waals surface area contributed by atoms with Gasteiger partial charge in [0.2, 0.25) is 0 Å². The second-order valence-electron chi connectivity index (χ2n) is 6.99. The smallest absolute Gasteiger partial charge is 0.128 e. The van der Waals surface area contributed by atoms with E-state index in [1.807, 2.05) is 24.4 Å². The number of piperidine rings is 1. The number of furan rings is 1. The van der Waals surface area contributed by atoms with Gasteiger partial charge < -0.3 is 14.1 Å². The molecule has 3 atom stereocenters. The molecule has 0 aliphatic carbocycles. The van der Waals surface area contributed by atoms with E-state index < -0.39 is 0 Å². The molecule has 4 rings (SSSR count). The van der Waals surface area contributed by atoms with Gasteiger partial charge in [-0.1, -0.05) is 6.07 Å². The molecule has 4 heterocycles. The second kappa shape index (κ2) is 6.95. The van der Waals surface area contributed by atoms with Gasteiger partial charge in [0, 0.05) is 31.7 Å². The Kier molecular flexibility index (Phi) is 4.54. The summed E-state index contributed by atoms with van der Waals surface area (Å²) in [6.45, 7) is 4.79. The van der Waals surface area contributed by atoms with Crippen molar-refractivity contribution in [3.05, 3.63) is 48.6 Å². The zero-order chi connectivity index (χ0) is 16.4. The van der Waals surface area contributed by atoms with Crippen molar-refractivity contribution in [2.75, 3.05) is 38.2 Å². The predicted octanol–water partition coefficient (Wildman–Crippen LogP) is 2.65. The van der Waals surface area contributed by atoms with Crippen molar-refractivity contribution < 1.29 is 9.15 Å². The van der Waals surface area contributed by atoms with Crippen molar-refractivity contribution >= 4 is 5.82 Å². The van der Waals surface area contributed by atoms with E-state index in [2.05, 4.69) is 34.0 Å². The molecule has 24 heavy (non-hydrogen) atoms. The summed E-state index contributed by atoms with van der Waals surface area (Å²) in [5, 5.41) is 0. The van der Waals surface area contributed by atoms with Crippen LogP contribution in [0, 0.1) is 11.8 Å². The van der Waals surface area contributed by atoms with Crippen molar-refractivity contribution in [1.82, 2.24) is 9.88 Å². The van der Waals surface area contributed by atoms with Gasteiger partial charge in [0.25, 0.3) is 0 Å². The van der Waals surface area contributed by atoms with Crippen LogP contribution in [-0.2, 0) is 11.3 Å². The maximum absolute atomic E-state index is 6.15. The number of hydrogen-bond acceptors (Lipinski definition) is 5. The first-order valence-corrected chi connectivity index (χ1v) is 8.78. The number of hydrogen-bond donors (Lipinski definition) is 0. The van der Waals surface area contributed by atoms with E-state index >= 15 is 0 Å². The highest BCUT2D eigenvalue weighted by Gasteiger charge is 2.41. The van der Waals surface area contributed by atoms with Crippen LogP contribution in [-0.4, -0.2) is 49.3 Å². The number of likely N-dealkylation sites (N-methyl/N-ethyl adjacent to an activating group) is 1. The van der Waals surface area contributed by atoms with Crippen molar-refractivity contribution in [3.63, 3.8) is 0 Å². The number of ether oxygens (including phenoxy) is 1. The molecule has 2 saturated heterocycles. The lowest BCUT2D eigenvalue weighted by atomic mass is 9.84. The zero-order valence-corrected chi connectivity index (χ0v) is 14.2. The third-order valence-corrected chi connectivity index (χ3v) is 5.27. The van der Waals surface area contributed by atoms with Crippen LogP contribution in [0.5, 0.6) is 0 Å². The molecule has 2 aromatic heterocycles. The molecule has 2 fully saturated rings. The van der Waals surface area contributed by atoms with Crippen molar-refractivity contribution in [3.8, 4) is 0 Å². The highest BCUT2D eigenvalue weighted by atomic mass is 16.5. The average Bonchev–Trinajstić information content (AvgIpc) is 3.25. The Hall–Kier alpha value is -1.85. The topological polar surface area (TPSA) is 41.7 Å². The molecular weight excluding hydrogens is 302 g/mol. The molecular formula is C19H25N3O2. The van der Waals surface area contributed by atoms with Gasteiger partial charge in [0.05, 0.1) is 25.5 Å². The first-order valence-electron chi connectivity index (χ1n) is 8.78. The first-order chi connectivity index (χ1) is 11.8. The van der Waals surface area contributed by atoms with Crippen LogP contribution >= 0.6 is 0 Å². The highest BCUT2D eigenvalue weighted by molar-refractivity contribution is 5.38. The van der Waals surface area contributed by atoms with Gasteiger partial charge >= 0.3 is 0 Å². The van der Waals surface area contributed by atoms with Gasteiger partial charge in [-0.15, -0.1) is 0 Å². The summed E-state index contributed by atoms with van der Waals surface area (Å²) in [6, 6.07) is 10.1. The molecule has 5 nitrogen and oxygen atoms in total. The van der Waals surface area contributed by atoms with E-state index in [0.717, 1.165) is 44.4 Å². The molecule has 0 amide bonds. The molecule has 128 valence electrons. The lowest BCUT2D eigenvalue weighted by Gasteiger charge is -2.36. The summed E-state index contributed by atoms with van der Waals surface area (Å²) in [7, 11) is 2.14. The van der Waals surface area contributed by atoms with E-state index in [-0.39, 0.29) is 0 Å². The van der Waals surface area contributed by atoms with Gasteiger partial charge in [0.15, 0.2) is 0 Å². The lowest BCUT2D eigenvalue weighted by Crippen LogP contribution is -2.43. The lowest BCUT2D eigenvalue weighted by molar-refractivity contribution is 0.0571. The molecule has 2 aliphatic rings. The Bertz CT molecular complexity index is 631. The minimum absolute atomic E-state index is 0.334. The third kappa shape index (κ3) is 3.32. The molecule has 2 aliphatic heterocycles. The fourth-order valence-corrected chi connectivity index (χ4v) is 4.06. The van der Waals surface area contributed by atoms with E-state index in [9.17, 15) is 0 Å². The molecule has 0 radical (unpaired) electrons. The quantitative estimate of drug-likeness (QED) is 0.844. The Morgan fingerprint density at radius 1 is 1.29 bits per heavy atom. The van der Waals surface area contributed by atoms with Crippen LogP contribution in [0.2, 0.25) is 0 Å². The number of pyridine rings is 1. The van der Waals surface area contributed by atoms with Crippen LogP contribution in [0.4, 0.5) is 5.82 Å². The summed E-state index contributed by atoms with van der Waals surface area (Å²) < 4.78 is 11.6. The van der Waals surface area contributed by atoms with Gasteiger partial charge in [-0.2, -0.15) is 0 Å². The van der Waals surface area contributed by atoms with Crippen LogP contribution in [0.1, 0.15) is 12.2 Å². The third-order valence-electron chi connectivity index (χ3n) is 5.27. The van der Waals surface area contributed by atoms with Gasteiger partial charge in [-0.25, -0.2) is 4.98 Å². The van der Waals surface area contributed by atoms with Crippen LogP contribution < -0.4 is 4.90 Å². The Morgan fingerprint density at radius 2 is 2.25 bits per heavy atom. The fraction of sp³-hybridized carbons (Fsp3) is 0.526. The van der Waals surface area contributed by atoms with E-state index in [0.29, 0.717) is 17.9 Å². The monoisotopic (exact) mass is 327 g/mol. The number of aromatic nitrogens is 1. The largest absolute Gasteiger partial charge is 0.468 e. The Balaban J connectivity index is 1.33. The van der Waals surface area contributed by atoms with E-state index in [1.165, 1.54) is 6.42 Å². The predicted molar refractivity (Wildman–Crippen MR) is 92.8 cm³/mol. The van der Waals surface area contributed by atoms with Crippen LogP contribution in [0.25, 0.3) is 0 Å². The molecule has 0 N–H and O–H groups in total. The number of rotatable bonds is 5. The number of fused-ring (bicyclic) bond motifs is 1. The standard InChI is InChI=1S/C19H25N3O2/c1-21(12-16-5-4-10-23-16)13-18-17-7-9-22(11-15(17)14-24-18)19-6-2-3-8-20-19/h2-6,8,10,15,17-18H,7,9,11-14H2,1H3/t15-,17-,18+/m1/s1. The molecule has 2 aromatic rings. The van der Waals surface area contributed by atoms with Gasteiger partial charge in [-0.3, -0.25) is 4.90 Å². The molecule has 0 spiro atoms. The zero-order valence-electron chi connectivity index (χ0n) is 14.2. The van der Waals surface area contributed by atoms with Crippen LogP contribution in [0.15, 0.2) is 47.2 Å². The Labute approximate surface area is 143 Å². The van der Waals surface area contributed by atoms with Gasteiger partial charge in [-0.05, 0) is 43.7 Å². The van der Waals surface area contributed by atoms with Crippen molar-refractivity contribution in [2.24, 2.45) is 11.8 Å². The number of nitrogens with zero attached hydrogens (tertiary/aromatic N) is 3. The fourth-order valence-electron chi connectivity index (χ4n) is 4.06. The average molecular weight is 327 g/mol. The summed E-state index contributed by atoms with van der Waals surface area (Å²) in [5.41, 5.74) is 0.